The lowest BCUT2D eigenvalue weighted by molar-refractivity contribution is -0.165. The van der Waals surface area contributed by atoms with Crippen LogP contribution in [0.2, 0.25) is 0 Å². The molecule has 1 N–H and O–H groups in total. The average Bonchev–Trinajstić information content (AvgIpc) is 2.57. The number of nitrogens with zero attached hydrogens (tertiary/aromatic N) is 1. The second-order valence-corrected chi connectivity index (χ2v) is 6.61. The van der Waals surface area contributed by atoms with Crippen molar-refractivity contribution in [2.24, 2.45) is 5.92 Å². The number of hydrogen-bond donors (Lipinski definition) is 1. The molecule has 2 bridgehead atoms. The van der Waals surface area contributed by atoms with Gasteiger partial charge >= 0.3 is 6.03 Å². The number of nitrogens with one attached hydrogen (secondary N) is 1. The fourth-order valence-corrected chi connectivity index (χ4v) is 4.49. The van der Waals surface area contributed by atoms with Gasteiger partial charge in [0.25, 0.3) is 0 Å². The molecule has 3 atom stereocenters. The van der Waals surface area contributed by atoms with E-state index in [2.05, 4.69) is 11.4 Å². The van der Waals surface area contributed by atoms with Gasteiger partial charge in [-0.3, -0.25) is 4.90 Å². The first-order valence-electron chi connectivity index (χ1n) is 8.70. The van der Waals surface area contributed by atoms with Gasteiger partial charge < -0.3 is 14.8 Å². The van der Waals surface area contributed by atoms with Gasteiger partial charge in [-0.25, -0.2) is 4.79 Å². The van der Waals surface area contributed by atoms with Crippen LogP contribution in [0.4, 0.5) is 4.79 Å². The molecule has 3 unspecified atom stereocenters. The van der Waals surface area contributed by atoms with Gasteiger partial charge in [0.1, 0.15) is 5.75 Å². The molecule has 5 heteroatoms. The van der Waals surface area contributed by atoms with E-state index in [1.807, 2.05) is 30.0 Å². The predicted molar refractivity (Wildman–Crippen MR) is 86.2 cm³/mol. The van der Waals surface area contributed by atoms with E-state index in [1.165, 1.54) is 6.42 Å². The topological polar surface area (TPSA) is 50.8 Å². The minimum absolute atomic E-state index is 0.0256. The predicted octanol–water partition coefficient (Wildman–Crippen LogP) is 3.07. The minimum Gasteiger partial charge on any atom is -0.467 e. The summed E-state index contributed by atoms with van der Waals surface area (Å²) in [5.41, 5.74) is 0.615. The molecule has 2 amide bonds. The zero-order valence-corrected chi connectivity index (χ0v) is 13.6. The molecular formula is C18H24N2O3. The molecule has 2 aliphatic heterocycles. The van der Waals surface area contributed by atoms with E-state index in [-0.39, 0.29) is 12.1 Å². The van der Waals surface area contributed by atoms with Crippen LogP contribution in [0.3, 0.4) is 0 Å². The lowest BCUT2D eigenvalue weighted by Gasteiger charge is -2.59. The molecular weight excluding hydrogens is 292 g/mol. The van der Waals surface area contributed by atoms with Crippen LogP contribution in [0, 0.1) is 5.92 Å². The zero-order valence-electron chi connectivity index (χ0n) is 13.6. The number of amides is 2. The highest BCUT2D eigenvalue weighted by atomic mass is 16.5. The van der Waals surface area contributed by atoms with Gasteiger partial charge in [0.15, 0.2) is 5.72 Å². The number of hydrogen-bond acceptors (Lipinski definition) is 3. The van der Waals surface area contributed by atoms with Crippen molar-refractivity contribution in [1.82, 2.24) is 10.2 Å². The van der Waals surface area contributed by atoms with Gasteiger partial charge in [-0.15, -0.1) is 0 Å². The van der Waals surface area contributed by atoms with Crippen LogP contribution in [0.25, 0.3) is 0 Å². The molecule has 2 heterocycles. The van der Waals surface area contributed by atoms with Crippen molar-refractivity contribution in [3.8, 4) is 5.75 Å². The molecule has 3 aliphatic rings. The second-order valence-electron chi connectivity index (χ2n) is 6.61. The average molecular weight is 316 g/mol. The van der Waals surface area contributed by atoms with Crippen LogP contribution in [-0.4, -0.2) is 36.4 Å². The maximum Gasteiger partial charge on any atom is 0.321 e. The molecule has 1 saturated carbocycles. The summed E-state index contributed by atoms with van der Waals surface area (Å²) >= 11 is 0. The standard InChI is InChI=1S/C18H24N2O3/c1-2-22-12-11-20-17(21)19-16-13-7-3-4-9-15(13)23-18(20)10-6-5-8-14(16)18/h3-4,7,9,14,16H,2,5-6,8,10-12H2,1H3,(H,19,21). The summed E-state index contributed by atoms with van der Waals surface area (Å²) in [6, 6.07) is 8.16. The van der Waals surface area contributed by atoms with Gasteiger partial charge in [0.05, 0.1) is 12.6 Å². The summed E-state index contributed by atoms with van der Waals surface area (Å²) in [7, 11) is 0. The van der Waals surface area contributed by atoms with Crippen molar-refractivity contribution >= 4 is 6.03 Å². The maximum absolute atomic E-state index is 12.7. The second kappa shape index (κ2) is 5.71. The first-order valence-corrected chi connectivity index (χ1v) is 8.70. The number of rotatable bonds is 4. The lowest BCUT2D eigenvalue weighted by Crippen LogP contribution is -2.72. The molecule has 1 aliphatic carbocycles. The molecule has 5 nitrogen and oxygen atoms in total. The molecule has 0 aromatic heterocycles. The Balaban J connectivity index is 1.73. The monoisotopic (exact) mass is 316 g/mol. The fraction of sp³-hybridized carbons (Fsp3) is 0.611. The molecule has 1 aromatic rings. The summed E-state index contributed by atoms with van der Waals surface area (Å²) in [5, 5.41) is 3.23. The number of carbonyl (C=O) groups excluding carboxylic acids is 1. The first kappa shape index (κ1) is 14.8. The number of benzene rings is 1. The largest absolute Gasteiger partial charge is 0.467 e. The summed E-state index contributed by atoms with van der Waals surface area (Å²) in [4.78, 5) is 14.6. The van der Waals surface area contributed by atoms with Crippen LogP contribution >= 0.6 is 0 Å². The Morgan fingerprint density at radius 2 is 2.26 bits per heavy atom. The van der Waals surface area contributed by atoms with Crippen molar-refractivity contribution in [1.29, 1.82) is 0 Å². The Kier molecular flexibility index (Phi) is 3.68. The summed E-state index contributed by atoms with van der Waals surface area (Å²) in [5.74, 6) is 1.22. The molecule has 2 fully saturated rings. The van der Waals surface area contributed by atoms with Crippen LogP contribution in [-0.2, 0) is 4.74 Å². The Morgan fingerprint density at radius 1 is 1.39 bits per heavy atom. The summed E-state index contributed by atoms with van der Waals surface area (Å²) in [6.45, 7) is 3.76. The van der Waals surface area contributed by atoms with Crippen LogP contribution in [0.15, 0.2) is 24.3 Å². The van der Waals surface area contributed by atoms with Crippen molar-refractivity contribution in [3.63, 3.8) is 0 Å². The normalized spacial score (nSPS) is 31.7. The summed E-state index contributed by atoms with van der Waals surface area (Å²) in [6.07, 6.45) is 4.29. The minimum atomic E-state index is -0.503. The molecule has 1 saturated heterocycles. The van der Waals surface area contributed by atoms with Gasteiger partial charge in [-0.05, 0) is 25.8 Å². The number of fused-ring (bicyclic) bond motifs is 2. The Bertz CT molecular complexity index is 606. The Hall–Kier alpha value is -1.75. The SMILES string of the molecule is CCOCCN1C(=O)NC2c3ccccc3OC13CCCCC23. The number of para-hydroxylation sites is 1. The number of carbonyl (C=O) groups is 1. The first-order chi connectivity index (χ1) is 11.3. The van der Waals surface area contributed by atoms with Gasteiger partial charge in [0, 0.05) is 31.1 Å². The summed E-state index contributed by atoms with van der Waals surface area (Å²) < 4.78 is 12.0. The maximum atomic E-state index is 12.7. The smallest absolute Gasteiger partial charge is 0.321 e. The Morgan fingerprint density at radius 3 is 3.13 bits per heavy atom. The molecule has 124 valence electrons. The van der Waals surface area contributed by atoms with Crippen LogP contribution in [0.1, 0.15) is 44.2 Å². The van der Waals surface area contributed by atoms with Crippen molar-refractivity contribution in [2.75, 3.05) is 19.8 Å². The third-order valence-corrected chi connectivity index (χ3v) is 5.47. The van der Waals surface area contributed by atoms with Crippen molar-refractivity contribution in [2.45, 2.75) is 44.4 Å². The molecule has 4 rings (SSSR count). The molecule has 1 aromatic carbocycles. The van der Waals surface area contributed by atoms with E-state index < -0.39 is 5.72 Å². The van der Waals surface area contributed by atoms with Crippen LogP contribution in [0.5, 0.6) is 5.75 Å². The third kappa shape index (κ3) is 2.21. The van der Waals surface area contributed by atoms with Gasteiger partial charge in [-0.2, -0.15) is 0 Å². The van der Waals surface area contributed by atoms with Gasteiger partial charge in [-0.1, -0.05) is 24.6 Å². The zero-order chi connectivity index (χ0) is 15.9. The van der Waals surface area contributed by atoms with Crippen molar-refractivity contribution < 1.29 is 14.3 Å². The van der Waals surface area contributed by atoms with Crippen LogP contribution < -0.4 is 10.1 Å². The highest BCUT2D eigenvalue weighted by Crippen LogP contribution is 2.53. The quantitative estimate of drug-likeness (QED) is 0.869. The molecule has 0 radical (unpaired) electrons. The number of ether oxygens (including phenoxy) is 2. The lowest BCUT2D eigenvalue weighted by atomic mass is 9.70. The van der Waals surface area contributed by atoms with E-state index >= 15 is 0 Å². The highest BCUT2D eigenvalue weighted by molar-refractivity contribution is 5.77. The highest BCUT2D eigenvalue weighted by Gasteiger charge is 2.59. The van der Waals surface area contributed by atoms with Gasteiger partial charge in [0.2, 0.25) is 0 Å². The van der Waals surface area contributed by atoms with E-state index in [0.29, 0.717) is 25.7 Å². The Labute approximate surface area is 136 Å². The fourth-order valence-electron chi connectivity index (χ4n) is 4.49. The van der Waals surface area contributed by atoms with Crippen molar-refractivity contribution in [3.05, 3.63) is 29.8 Å². The van der Waals surface area contributed by atoms with E-state index in [9.17, 15) is 4.79 Å². The third-order valence-electron chi connectivity index (χ3n) is 5.47. The molecule has 0 spiro atoms. The molecule has 23 heavy (non-hydrogen) atoms. The number of urea groups is 1. The van der Waals surface area contributed by atoms with E-state index in [0.717, 1.165) is 30.6 Å². The van der Waals surface area contributed by atoms with E-state index in [4.69, 9.17) is 9.47 Å². The van der Waals surface area contributed by atoms with E-state index in [1.54, 1.807) is 0 Å².